The maximum Gasteiger partial charge on any atom is 0.231 e. The van der Waals surface area contributed by atoms with E-state index in [1.54, 1.807) is 0 Å². The van der Waals surface area contributed by atoms with Crippen LogP contribution in [0.5, 0.6) is 0 Å². The van der Waals surface area contributed by atoms with Crippen molar-refractivity contribution in [3.8, 4) is 0 Å². The topological polar surface area (TPSA) is 92.3 Å². The Labute approximate surface area is 165 Å². The number of carbonyl (C=O) groups is 4. The fraction of sp³-hybridized carbons (Fsp3) is 0.636. The lowest BCUT2D eigenvalue weighted by atomic mass is 9.74. The summed E-state index contributed by atoms with van der Waals surface area (Å²) in [4.78, 5) is 47.8. The first-order valence-electron chi connectivity index (χ1n) is 10.6. The van der Waals surface area contributed by atoms with Crippen LogP contribution in [0.15, 0.2) is 24.3 Å². The Kier molecular flexibility index (Phi) is 5.47. The Hall–Kier alpha value is -2.24. The summed E-state index contributed by atoms with van der Waals surface area (Å²) in [6.45, 7) is 0. The van der Waals surface area contributed by atoms with Crippen molar-refractivity contribution < 1.29 is 19.2 Å². The molecule has 2 saturated heterocycles. The quantitative estimate of drug-likeness (QED) is 0.400. The maximum absolute atomic E-state index is 12.1. The van der Waals surface area contributed by atoms with Gasteiger partial charge >= 0.3 is 0 Å². The molecule has 0 aromatic rings. The normalized spacial score (nSPS) is 36.3. The second-order valence-electron chi connectivity index (χ2n) is 8.62. The van der Waals surface area contributed by atoms with Gasteiger partial charge in [0.15, 0.2) is 0 Å². The Morgan fingerprint density at radius 2 is 1.07 bits per heavy atom. The van der Waals surface area contributed by atoms with Crippen LogP contribution in [-0.2, 0) is 19.2 Å². The fourth-order valence-electron chi connectivity index (χ4n) is 5.48. The summed E-state index contributed by atoms with van der Waals surface area (Å²) < 4.78 is 0. The molecule has 0 saturated carbocycles. The molecule has 6 heteroatoms. The summed E-state index contributed by atoms with van der Waals surface area (Å²) in [5.74, 6) is -0.807. The number of imide groups is 2. The lowest BCUT2D eigenvalue weighted by Crippen LogP contribution is -2.28. The van der Waals surface area contributed by atoms with Crippen molar-refractivity contribution in [3.63, 3.8) is 0 Å². The fourth-order valence-corrected chi connectivity index (χ4v) is 5.48. The molecule has 4 rings (SSSR count). The van der Waals surface area contributed by atoms with Crippen molar-refractivity contribution in [1.82, 2.24) is 10.6 Å². The molecule has 0 aromatic carbocycles. The largest absolute Gasteiger partial charge is 0.296 e. The highest BCUT2D eigenvalue weighted by Crippen LogP contribution is 2.38. The summed E-state index contributed by atoms with van der Waals surface area (Å²) in [5, 5.41) is 4.96. The van der Waals surface area contributed by atoms with Crippen molar-refractivity contribution in [2.45, 2.75) is 51.4 Å². The minimum absolute atomic E-state index is 0.104. The van der Waals surface area contributed by atoms with Gasteiger partial charge in [-0.05, 0) is 37.5 Å². The monoisotopic (exact) mass is 384 g/mol. The van der Waals surface area contributed by atoms with Gasteiger partial charge in [-0.15, -0.1) is 0 Å². The molecule has 2 heterocycles. The molecular formula is C22H28N2O4. The minimum Gasteiger partial charge on any atom is -0.296 e. The molecule has 6 atom stereocenters. The Morgan fingerprint density at radius 1 is 0.643 bits per heavy atom. The molecule has 6 nitrogen and oxygen atoms in total. The van der Waals surface area contributed by atoms with Crippen molar-refractivity contribution >= 4 is 23.6 Å². The summed E-state index contributed by atoms with van der Waals surface area (Å²) in [6, 6.07) is 0. The van der Waals surface area contributed by atoms with Crippen LogP contribution >= 0.6 is 0 Å². The number of fused-ring (bicyclic) bond motifs is 2. The van der Waals surface area contributed by atoms with Gasteiger partial charge in [-0.3, -0.25) is 29.8 Å². The van der Waals surface area contributed by atoms with Gasteiger partial charge in [-0.1, -0.05) is 50.0 Å². The second-order valence-corrected chi connectivity index (χ2v) is 8.62. The SMILES string of the molecule is O=C1NC(=O)C2C(CCCCCCC3C=CCC4C(=O)NC(=O)C34)C=CCC12. The summed E-state index contributed by atoms with van der Waals surface area (Å²) in [6.07, 6.45) is 15.7. The van der Waals surface area contributed by atoms with Gasteiger partial charge in [0.25, 0.3) is 0 Å². The molecule has 0 radical (unpaired) electrons. The van der Waals surface area contributed by atoms with E-state index in [0.29, 0.717) is 12.8 Å². The first-order valence-corrected chi connectivity index (χ1v) is 10.6. The van der Waals surface area contributed by atoms with Gasteiger partial charge in [0.05, 0.1) is 23.7 Å². The van der Waals surface area contributed by atoms with Crippen molar-refractivity contribution in [2.24, 2.45) is 35.5 Å². The van der Waals surface area contributed by atoms with Crippen molar-refractivity contribution in [2.75, 3.05) is 0 Å². The van der Waals surface area contributed by atoms with Crippen LogP contribution < -0.4 is 10.6 Å². The highest BCUT2D eigenvalue weighted by Gasteiger charge is 2.46. The molecule has 0 spiro atoms. The molecule has 6 unspecified atom stereocenters. The molecule has 4 aliphatic rings. The van der Waals surface area contributed by atoms with Crippen LogP contribution in [0.2, 0.25) is 0 Å². The zero-order valence-electron chi connectivity index (χ0n) is 16.1. The first-order chi connectivity index (χ1) is 13.6. The molecule has 150 valence electrons. The molecule has 2 fully saturated rings. The van der Waals surface area contributed by atoms with Gasteiger partial charge in [-0.25, -0.2) is 0 Å². The first kappa shape index (κ1) is 19.1. The summed E-state index contributed by atoms with van der Waals surface area (Å²) in [7, 11) is 0. The van der Waals surface area contributed by atoms with Gasteiger partial charge in [0.1, 0.15) is 0 Å². The van der Waals surface area contributed by atoms with E-state index in [0.717, 1.165) is 38.5 Å². The highest BCUT2D eigenvalue weighted by molar-refractivity contribution is 6.06. The zero-order chi connectivity index (χ0) is 19.7. The third-order valence-electron chi connectivity index (χ3n) is 6.93. The average Bonchev–Trinajstić information content (AvgIpc) is 3.14. The second kappa shape index (κ2) is 8.02. The average molecular weight is 384 g/mol. The van der Waals surface area contributed by atoms with E-state index in [1.807, 2.05) is 12.2 Å². The van der Waals surface area contributed by atoms with Crippen LogP contribution in [0.1, 0.15) is 51.4 Å². The molecule has 4 amide bonds. The smallest absolute Gasteiger partial charge is 0.231 e. The third-order valence-corrected chi connectivity index (χ3v) is 6.93. The zero-order valence-corrected chi connectivity index (χ0v) is 16.1. The number of nitrogens with one attached hydrogen (secondary N) is 2. The standard InChI is InChI=1S/C22H28N2O4/c25-19-15-11-5-9-13(17(15)21(27)23-19)7-3-1-2-4-8-14-10-6-12-16-18(14)22(28)24-20(16)26/h5-6,9-10,13-18H,1-4,7-8,11-12H2,(H,23,25,27)(H,24,26,28). The van der Waals surface area contributed by atoms with E-state index in [1.165, 1.54) is 0 Å². The van der Waals surface area contributed by atoms with Gasteiger partial charge in [0.2, 0.25) is 23.6 Å². The van der Waals surface area contributed by atoms with Crippen LogP contribution in [0.25, 0.3) is 0 Å². The molecular weight excluding hydrogens is 356 g/mol. The molecule has 0 bridgehead atoms. The van der Waals surface area contributed by atoms with E-state index in [4.69, 9.17) is 0 Å². The Morgan fingerprint density at radius 3 is 1.50 bits per heavy atom. The number of hydrogen-bond acceptors (Lipinski definition) is 4. The number of unbranched alkanes of at least 4 members (excludes halogenated alkanes) is 3. The van der Waals surface area contributed by atoms with Crippen LogP contribution in [0.3, 0.4) is 0 Å². The van der Waals surface area contributed by atoms with E-state index in [2.05, 4.69) is 22.8 Å². The predicted octanol–water partition coefficient (Wildman–Crippen LogP) is 2.26. The van der Waals surface area contributed by atoms with Crippen LogP contribution in [0.4, 0.5) is 0 Å². The van der Waals surface area contributed by atoms with Gasteiger partial charge in [-0.2, -0.15) is 0 Å². The number of hydrogen-bond donors (Lipinski definition) is 2. The van der Waals surface area contributed by atoms with E-state index >= 15 is 0 Å². The van der Waals surface area contributed by atoms with E-state index in [-0.39, 0.29) is 59.1 Å². The number of allylic oxidation sites excluding steroid dienone is 4. The van der Waals surface area contributed by atoms with Crippen LogP contribution in [0, 0.1) is 35.5 Å². The van der Waals surface area contributed by atoms with Crippen molar-refractivity contribution in [1.29, 1.82) is 0 Å². The maximum atomic E-state index is 12.1. The lowest BCUT2D eigenvalue weighted by Gasteiger charge is -2.26. The summed E-state index contributed by atoms with van der Waals surface area (Å²) in [5.41, 5.74) is 0. The number of carbonyl (C=O) groups excluding carboxylic acids is 4. The Balaban J connectivity index is 1.19. The minimum atomic E-state index is -0.180. The molecule has 2 aliphatic carbocycles. The Bertz CT molecular complexity index is 679. The summed E-state index contributed by atoms with van der Waals surface area (Å²) >= 11 is 0. The third kappa shape index (κ3) is 3.56. The lowest BCUT2D eigenvalue weighted by molar-refractivity contribution is -0.128. The highest BCUT2D eigenvalue weighted by atomic mass is 16.2. The molecule has 2 aliphatic heterocycles. The number of rotatable bonds is 7. The predicted molar refractivity (Wildman–Crippen MR) is 102 cm³/mol. The molecule has 28 heavy (non-hydrogen) atoms. The van der Waals surface area contributed by atoms with Gasteiger partial charge < -0.3 is 0 Å². The van der Waals surface area contributed by atoms with Gasteiger partial charge in [0, 0.05) is 0 Å². The molecule has 2 N–H and O–H groups in total. The molecule has 0 aromatic heterocycles. The van der Waals surface area contributed by atoms with Crippen LogP contribution in [-0.4, -0.2) is 23.6 Å². The van der Waals surface area contributed by atoms with E-state index < -0.39 is 0 Å². The van der Waals surface area contributed by atoms with Crippen molar-refractivity contribution in [3.05, 3.63) is 24.3 Å². The number of amides is 4. The van der Waals surface area contributed by atoms with E-state index in [9.17, 15) is 19.2 Å².